The Kier molecular flexibility index (Phi) is 13.1. The highest BCUT2D eigenvalue weighted by atomic mass is 16.5. The van der Waals surface area contributed by atoms with Crippen LogP contribution >= 0.6 is 0 Å². The summed E-state index contributed by atoms with van der Waals surface area (Å²) in [4.78, 5) is 2.40. The van der Waals surface area contributed by atoms with Crippen LogP contribution in [-0.2, 0) is 0 Å². The molecular weight excluding hydrogens is 368 g/mol. The molecule has 1 N–H and O–H groups in total. The molecule has 1 aromatic carbocycles. The van der Waals surface area contributed by atoms with E-state index >= 15 is 0 Å². The molecule has 3 heteroatoms. The average molecular weight is 413 g/mol. The standard InChI is InChI=1S/C27H44N2O/c1-7-27(4,18-10-12-24(2)3)19-17-25-13-15-26(16-14-25)30-23-9-8-21-29(6)22-11-20-28-5/h7,12-17,19,28H,1,8-11,18,20-23H2,2-6H3/b19-17+/t27-/m1/s1. The van der Waals surface area contributed by atoms with Gasteiger partial charge in [0.15, 0.2) is 0 Å². The number of ether oxygens (including phenoxy) is 1. The van der Waals surface area contributed by atoms with E-state index in [1.54, 1.807) is 0 Å². The van der Waals surface area contributed by atoms with Crippen molar-refractivity contribution in [1.29, 1.82) is 0 Å². The van der Waals surface area contributed by atoms with Crippen molar-refractivity contribution in [1.82, 2.24) is 10.2 Å². The van der Waals surface area contributed by atoms with E-state index < -0.39 is 0 Å². The summed E-state index contributed by atoms with van der Waals surface area (Å²) in [6.07, 6.45) is 14.4. The number of nitrogens with one attached hydrogen (secondary N) is 1. The van der Waals surface area contributed by atoms with Gasteiger partial charge in [0.2, 0.25) is 0 Å². The summed E-state index contributed by atoms with van der Waals surface area (Å²) in [6, 6.07) is 8.39. The molecule has 1 aromatic rings. The smallest absolute Gasteiger partial charge is 0.119 e. The van der Waals surface area contributed by atoms with E-state index in [9.17, 15) is 0 Å². The van der Waals surface area contributed by atoms with Crippen LogP contribution in [0.3, 0.4) is 0 Å². The van der Waals surface area contributed by atoms with Crippen molar-refractivity contribution in [2.45, 2.75) is 52.9 Å². The van der Waals surface area contributed by atoms with E-state index in [0.717, 1.165) is 51.3 Å². The van der Waals surface area contributed by atoms with Gasteiger partial charge in [-0.3, -0.25) is 0 Å². The Morgan fingerprint density at radius 1 is 1.13 bits per heavy atom. The lowest BCUT2D eigenvalue weighted by Gasteiger charge is -2.20. The van der Waals surface area contributed by atoms with E-state index in [-0.39, 0.29) is 5.41 Å². The third kappa shape index (κ3) is 12.0. The molecule has 0 amide bonds. The SMILES string of the molecule is C=C[C@@](C)(/C=C/c1ccc(OCCCCN(C)CCCNC)cc1)CCC=C(C)C. The minimum Gasteiger partial charge on any atom is -0.494 e. The van der Waals surface area contributed by atoms with Gasteiger partial charge >= 0.3 is 0 Å². The van der Waals surface area contributed by atoms with Crippen LogP contribution in [0.25, 0.3) is 6.08 Å². The van der Waals surface area contributed by atoms with E-state index in [0.29, 0.717) is 0 Å². The molecule has 0 saturated heterocycles. The van der Waals surface area contributed by atoms with Gasteiger partial charge in [-0.2, -0.15) is 0 Å². The first kappa shape index (κ1) is 26.2. The highest BCUT2D eigenvalue weighted by molar-refractivity contribution is 5.52. The van der Waals surface area contributed by atoms with Crippen LogP contribution in [0.4, 0.5) is 0 Å². The fraction of sp³-hybridized carbons (Fsp3) is 0.556. The number of nitrogens with zero attached hydrogens (tertiary/aromatic N) is 1. The number of unbranched alkanes of at least 4 members (excludes halogenated alkanes) is 1. The Balaban J connectivity index is 2.36. The quantitative estimate of drug-likeness (QED) is 0.253. The summed E-state index contributed by atoms with van der Waals surface area (Å²) < 4.78 is 5.91. The van der Waals surface area contributed by atoms with Gasteiger partial charge in [0.1, 0.15) is 5.75 Å². The van der Waals surface area contributed by atoms with Crippen LogP contribution in [0.1, 0.15) is 58.4 Å². The maximum absolute atomic E-state index is 5.91. The Hall–Kier alpha value is -1.84. The minimum atomic E-state index is 0.0152. The van der Waals surface area contributed by atoms with Crippen molar-refractivity contribution < 1.29 is 4.74 Å². The molecule has 0 aliphatic heterocycles. The van der Waals surface area contributed by atoms with Crippen LogP contribution in [0.5, 0.6) is 5.75 Å². The van der Waals surface area contributed by atoms with Crippen LogP contribution in [-0.4, -0.2) is 45.2 Å². The summed E-state index contributed by atoms with van der Waals surface area (Å²) in [7, 11) is 4.20. The molecule has 0 aliphatic rings. The van der Waals surface area contributed by atoms with Gasteiger partial charge in [0, 0.05) is 5.41 Å². The summed E-state index contributed by atoms with van der Waals surface area (Å²) in [5.41, 5.74) is 2.58. The van der Waals surface area contributed by atoms with Gasteiger partial charge in [0.05, 0.1) is 6.61 Å². The first-order valence-corrected chi connectivity index (χ1v) is 11.4. The highest BCUT2D eigenvalue weighted by Crippen LogP contribution is 2.28. The second-order valence-electron chi connectivity index (χ2n) is 8.75. The molecule has 0 aromatic heterocycles. The van der Waals surface area contributed by atoms with Crippen LogP contribution in [0.2, 0.25) is 0 Å². The molecular formula is C27H44N2O. The maximum Gasteiger partial charge on any atom is 0.119 e. The largest absolute Gasteiger partial charge is 0.494 e. The molecule has 0 radical (unpaired) electrons. The first-order chi connectivity index (χ1) is 14.4. The molecule has 3 nitrogen and oxygen atoms in total. The summed E-state index contributed by atoms with van der Waals surface area (Å²) in [5, 5.41) is 3.19. The van der Waals surface area contributed by atoms with Crippen LogP contribution < -0.4 is 10.1 Å². The number of benzene rings is 1. The Morgan fingerprint density at radius 2 is 1.83 bits per heavy atom. The molecule has 0 bridgehead atoms. The highest BCUT2D eigenvalue weighted by Gasteiger charge is 2.15. The number of hydrogen-bond acceptors (Lipinski definition) is 3. The third-order valence-corrected chi connectivity index (χ3v) is 5.41. The lowest BCUT2D eigenvalue weighted by atomic mass is 9.84. The fourth-order valence-corrected chi connectivity index (χ4v) is 3.20. The number of rotatable bonds is 16. The summed E-state index contributed by atoms with van der Waals surface area (Å²) >= 11 is 0. The zero-order chi connectivity index (χ0) is 22.2. The summed E-state index contributed by atoms with van der Waals surface area (Å²) in [5.74, 6) is 0.949. The molecule has 30 heavy (non-hydrogen) atoms. The predicted octanol–water partition coefficient (Wildman–Crippen LogP) is 6.34. The van der Waals surface area contributed by atoms with Crippen LogP contribution in [0, 0.1) is 5.41 Å². The molecule has 168 valence electrons. The van der Waals surface area contributed by atoms with Gasteiger partial charge < -0.3 is 15.0 Å². The molecule has 0 aliphatic carbocycles. The molecule has 0 spiro atoms. The maximum atomic E-state index is 5.91. The Morgan fingerprint density at radius 3 is 2.47 bits per heavy atom. The molecule has 0 saturated carbocycles. The van der Waals surface area contributed by atoms with E-state index in [1.165, 1.54) is 24.0 Å². The fourth-order valence-electron chi connectivity index (χ4n) is 3.20. The molecule has 0 heterocycles. The van der Waals surface area contributed by atoms with Gasteiger partial charge in [-0.05, 0) is 97.4 Å². The topological polar surface area (TPSA) is 24.5 Å². The second-order valence-corrected chi connectivity index (χ2v) is 8.75. The van der Waals surface area contributed by atoms with Crippen LogP contribution in [0.15, 0.2) is 54.6 Å². The van der Waals surface area contributed by atoms with Gasteiger partial charge in [-0.1, -0.05) is 48.9 Å². The first-order valence-electron chi connectivity index (χ1n) is 11.4. The van der Waals surface area contributed by atoms with Crippen molar-refractivity contribution in [3.8, 4) is 5.75 Å². The van der Waals surface area contributed by atoms with Gasteiger partial charge in [0.25, 0.3) is 0 Å². The van der Waals surface area contributed by atoms with Crippen molar-refractivity contribution in [3.05, 3.63) is 60.2 Å². The van der Waals surface area contributed by atoms with Crippen molar-refractivity contribution >= 4 is 6.08 Å². The minimum absolute atomic E-state index is 0.0152. The number of hydrogen-bond donors (Lipinski definition) is 1. The van der Waals surface area contributed by atoms with Gasteiger partial charge in [-0.25, -0.2) is 0 Å². The van der Waals surface area contributed by atoms with E-state index in [1.807, 2.05) is 7.05 Å². The number of allylic oxidation sites excluding steroid dienone is 4. The van der Waals surface area contributed by atoms with E-state index in [2.05, 4.69) is 93.2 Å². The predicted molar refractivity (Wildman–Crippen MR) is 133 cm³/mol. The Labute approximate surface area is 185 Å². The molecule has 1 rings (SSSR count). The monoisotopic (exact) mass is 412 g/mol. The summed E-state index contributed by atoms with van der Waals surface area (Å²) in [6.45, 7) is 14.7. The second kappa shape index (κ2) is 15.0. The Bertz CT molecular complexity index is 643. The average Bonchev–Trinajstić information content (AvgIpc) is 2.73. The molecule has 0 unspecified atom stereocenters. The van der Waals surface area contributed by atoms with E-state index in [4.69, 9.17) is 4.74 Å². The third-order valence-electron chi connectivity index (χ3n) is 5.41. The van der Waals surface area contributed by atoms with Crippen molar-refractivity contribution in [2.75, 3.05) is 40.3 Å². The van der Waals surface area contributed by atoms with Gasteiger partial charge in [-0.15, -0.1) is 6.58 Å². The molecule has 1 atom stereocenters. The lowest BCUT2D eigenvalue weighted by molar-refractivity contribution is 0.277. The zero-order valence-corrected chi connectivity index (χ0v) is 20.0. The molecule has 0 fully saturated rings. The zero-order valence-electron chi connectivity index (χ0n) is 20.0. The normalized spacial score (nSPS) is 13.4. The lowest BCUT2D eigenvalue weighted by Crippen LogP contribution is -2.24. The van der Waals surface area contributed by atoms with Crippen molar-refractivity contribution in [2.24, 2.45) is 5.41 Å². The van der Waals surface area contributed by atoms with Crippen molar-refractivity contribution in [3.63, 3.8) is 0 Å².